The molecule has 0 aliphatic heterocycles. The number of carbonyl (C=O) groups is 1. The molecule has 4 rings (SSSR count). The summed E-state index contributed by atoms with van der Waals surface area (Å²) in [6.07, 6.45) is 0.0852. The number of nitrogens with one attached hydrogen (secondary N) is 1. The van der Waals surface area contributed by atoms with E-state index in [0.29, 0.717) is 16.8 Å². The van der Waals surface area contributed by atoms with Gasteiger partial charge in [-0.15, -0.1) is 0 Å². The van der Waals surface area contributed by atoms with Gasteiger partial charge in [-0.25, -0.2) is 0 Å². The molecule has 0 heterocycles. The van der Waals surface area contributed by atoms with Crippen LogP contribution in [0.5, 0.6) is 0 Å². The van der Waals surface area contributed by atoms with E-state index in [2.05, 4.69) is 5.32 Å². The lowest BCUT2D eigenvalue weighted by molar-refractivity contribution is -0.135. The Morgan fingerprint density at radius 1 is 0.879 bits per heavy atom. The smallest absolute Gasteiger partial charge is 0.261 e. The maximum Gasteiger partial charge on any atom is 0.261 e. The van der Waals surface area contributed by atoms with Crippen molar-refractivity contribution in [2.45, 2.75) is 12.0 Å². The Morgan fingerprint density at radius 3 is 2.09 bits per heavy atom. The molecular weight excluding hydrogens is 432 g/mol. The van der Waals surface area contributed by atoms with E-state index in [1.54, 1.807) is 30.3 Å². The number of halogens is 1. The van der Waals surface area contributed by atoms with Crippen LogP contribution in [0.1, 0.15) is 16.7 Å². The zero-order valence-corrected chi connectivity index (χ0v) is 18.5. The second kappa shape index (κ2) is 9.70. The Balaban J connectivity index is 1.63. The molecular formula is C28H21ClN2O2. The van der Waals surface area contributed by atoms with E-state index < -0.39 is 11.5 Å². The van der Waals surface area contributed by atoms with Gasteiger partial charge in [0.2, 0.25) is 0 Å². The predicted octanol–water partition coefficient (Wildman–Crippen LogP) is 5.95. The molecule has 0 aliphatic carbocycles. The molecule has 162 valence electrons. The van der Waals surface area contributed by atoms with E-state index in [4.69, 9.17) is 16.9 Å². The lowest BCUT2D eigenvalue weighted by Crippen LogP contribution is -2.42. The number of aliphatic hydroxyl groups is 1. The van der Waals surface area contributed by atoms with E-state index in [-0.39, 0.29) is 11.4 Å². The minimum atomic E-state index is -1.81. The zero-order valence-electron chi connectivity index (χ0n) is 17.7. The Labute approximate surface area is 197 Å². The molecule has 0 aromatic heterocycles. The van der Waals surface area contributed by atoms with Gasteiger partial charge in [0, 0.05) is 12.1 Å². The Kier molecular flexibility index (Phi) is 6.55. The second-order valence-electron chi connectivity index (χ2n) is 7.73. The quantitative estimate of drug-likeness (QED) is 0.379. The van der Waals surface area contributed by atoms with Crippen LogP contribution >= 0.6 is 11.6 Å². The van der Waals surface area contributed by atoms with Crippen molar-refractivity contribution in [1.29, 1.82) is 5.26 Å². The van der Waals surface area contributed by atoms with Crippen LogP contribution in [0.3, 0.4) is 0 Å². The number of nitrogens with zero attached hydrogens (tertiary/aromatic N) is 1. The third-order valence-electron chi connectivity index (χ3n) is 5.50. The summed E-state index contributed by atoms with van der Waals surface area (Å²) in [5.74, 6) is -0.582. The lowest BCUT2D eigenvalue weighted by atomic mass is 9.86. The molecule has 5 heteroatoms. The summed E-state index contributed by atoms with van der Waals surface area (Å²) in [5, 5.41) is 23.7. The van der Waals surface area contributed by atoms with Crippen LogP contribution in [-0.2, 0) is 16.8 Å². The summed E-state index contributed by atoms with van der Waals surface area (Å²) in [4.78, 5) is 13.3. The summed E-state index contributed by atoms with van der Waals surface area (Å²) in [6, 6.07) is 33.2. The fourth-order valence-corrected chi connectivity index (χ4v) is 3.91. The van der Waals surface area contributed by atoms with Crippen molar-refractivity contribution >= 4 is 23.2 Å². The van der Waals surface area contributed by atoms with E-state index >= 15 is 0 Å². The summed E-state index contributed by atoms with van der Waals surface area (Å²) < 4.78 is 0. The predicted molar refractivity (Wildman–Crippen MR) is 131 cm³/mol. The van der Waals surface area contributed by atoms with Crippen molar-refractivity contribution in [3.8, 4) is 17.2 Å². The van der Waals surface area contributed by atoms with E-state index in [9.17, 15) is 9.90 Å². The van der Waals surface area contributed by atoms with Crippen molar-refractivity contribution in [2.24, 2.45) is 0 Å². The molecule has 0 fully saturated rings. The first-order valence-electron chi connectivity index (χ1n) is 10.4. The standard InChI is InChI=1S/C28H21ClN2O2/c29-26-17-25(16-15-23(26)19-30)31-27(32)28(33,24-9-5-2-6-10-24)18-20-11-13-22(14-12-20)21-7-3-1-4-8-21/h1-17,33H,18H2,(H,31,32). The van der Waals surface area contributed by atoms with Gasteiger partial charge in [-0.3, -0.25) is 4.79 Å². The van der Waals surface area contributed by atoms with E-state index in [1.807, 2.05) is 66.7 Å². The number of rotatable bonds is 6. The summed E-state index contributed by atoms with van der Waals surface area (Å²) in [5.41, 5.74) is 2.35. The number of nitriles is 1. The van der Waals surface area contributed by atoms with Crippen molar-refractivity contribution < 1.29 is 9.90 Å². The Hall–Kier alpha value is -3.91. The number of benzene rings is 4. The molecule has 0 radical (unpaired) electrons. The summed E-state index contributed by atoms with van der Waals surface area (Å²) in [7, 11) is 0. The molecule has 0 saturated carbocycles. The average Bonchev–Trinajstić information content (AvgIpc) is 2.85. The molecule has 0 aliphatic rings. The van der Waals surface area contributed by atoms with Crippen LogP contribution in [0.2, 0.25) is 5.02 Å². The highest BCUT2D eigenvalue weighted by atomic mass is 35.5. The van der Waals surface area contributed by atoms with Gasteiger partial charge in [-0.05, 0) is 40.5 Å². The number of carbonyl (C=O) groups excluding carboxylic acids is 1. The molecule has 0 bridgehead atoms. The Bertz CT molecular complexity index is 1300. The SMILES string of the molecule is N#Cc1ccc(NC(=O)C(O)(Cc2ccc(-c3ccccc3)cc2)c2ccccc2)cc1Cl. The van der Waals surface area contributed by atoms with E-state index in [0.717, 1.165) is 16.7 Å². The molecule has 33 heavy (non-hydrogen) atoms. The normalized spacial score (nSPS) is 12.4. The molecule has 2 N–H and O–H groups in total. The van der Waals surface area contributed by atoms with E-state index in [1.165, 1.54) is 12.1 Å². The molecule has 4 nitrogen and oxygen atoms in total. The molecule has 0 saturated heterocycles. The monoisotopic (exact) mass is 452 g/mol. The summed E-state index contributed by atoms with van der Waals surface area (Å²) >= 11 is 6.10. The zero-order chi connectivity index (χ0) is 23.3. The van der Waals surface area contributed by atoms with Crippen LogP contribution in [0.25, 0.3) is 11.1 Å². The number of hydrogen-bond acceptors (Lipinski definition) is 3. The third-order valence-corrected chi connectivity index (χ3v) is 5.81. The molecule has 4 aromatic rings. The molecule has 1 unspecified atom stereocenters. The van der Waals surface area contributed by atoms with Crippen LogP contribution < -0.4 is 5.32 Å². The lowest BCUT2D eigenvalue weighted by Gasteiger charge is -2.28. The topological polar surface area (TPSA) is 73.1 Å². The van der Waals surface area contributed by atoms with Gasteiger partial charge in [-0.1, -0.05) is 96.5 Å². The van der Waals surface area contributed by atoms with Gasteiger partial charge < -0.3 is 10.4 Å². The van der Waals surface area contributed by atoms with Crippen molar-refractivity contribution in [3.63, 3.8) is 0 Å². The highest BCUT2D eigenvalue weighted by molar-refractivity contribution is 6.32. The highest BCUT2D eigenvalue weighted by Gasteiger charge is 2.38. The fourth-order valence-electron chi connectivity index (χ4n) is 3.69. The molecule has 0 spiro atoms. The van der Waals surface area contributed by atoms with Crippen molar-refractivity contribution in [3.05, 3.63) is 125 Å². The van der Waals surface area contributed by atoms with Crippen LogP contribution in [0.15, 0.2) is 103 Å². The number of anilines is 1. The minimum absolute atomic E-state index is 0.0852. The maximum absolute atomic E-state index is 13.3. The largest absolute Gasteiger partial charge is 0.375 e. The Morgan fingerprint density at radius 2 is 1.48 bits per heavy atom. The third kappa shape index (κ3) is 4.96. The molecule has 1 atom stereocenters. The maximum atomic E-state index is 13.3. The van der Waals surface area contributed by atoms with Gasteiger partial charge in [0.05, 0.1) is 10.6 Å². The van der Waals surface area contributed by atoms with Crippen molar-refractivity contribution in [2.75, 3.05) is 5.32 Å². The fraction of sp³-hybridized carbons (Fsp3) is 0.0714. The number of amides is 1. The van der Waals surface area contributed by atoms with Gasteiger partial charge in [0.1, 0.15) is 6.07 Å². The highest BCUT2D eigenvalue weighted by Crippen LogP contribution is 2.30. The molecule has 4 aromatic carbocycles. The first-order valence-corrected chi connectivity index (χ1v) is 10.8. The second-order valence-corrected chi connectivity index (χ2v) is 8.13. The average molecular weight is 453 g/mol. The van der Waals surface area contributed by atoms with Gasteiger partial charge in [0.15, 0.2) is 5.60 Å². The summed E-state index contributed by atoms with van der Waals surface area (Å²) in [6.45, 7) is 0. The van der Waals surface area contributed by atoms with Gasteiger partial charge in [-0.2, -0.15) is 5.26 Å². The molecule has 1 amide bonds. The van der Waals surface area contributed by atoms with Gasteiger partial charge in [0.25, 0.3) is 5.91 Å². The van der Waals surface area contributed by atoms with Crippen molar-refractivity contribution in [1.82, 2.24) is 0 Å². The first kappa shape index (κ1) is 22.3. The van der Waals surface area contributed by atoms with Gasteiger partial charge >= 0.3 is 0 Å². The van der Waals surface area contributed by atoms with Crippen LogP contribution in [0.4, 0.5) is 5.69 Å². The van der Waals surface area contributed by atoms with Crippen LogP contribution in [0, 0.1) is 11.3 Å². The first-order chi connectivity index (χ1) is 16.0. The number of hydrogen-bond donors (Lipinski definition) is 2. The van der Waals surface area contributed by atoms with Crippen LogP contribution in [-0.4, -0.2) is 11.0 Å². The minimum Gasteiger partial charge on any atom is -0.375 e.